The maximum atomic E-state index is 10.7. The minimum atomic E-state index is -0.451. The number of hydrogen-bond donors (Lipinski definition) is 1. The first kappa shape index (κ1) is 12.1. The minimum absolute atomic E-state index is 0.0142. The second-order valence-corrected chi connectivity index (χ2v) is 4.99. The van der Waals surface area contributed by atoms with Gasteiger partial charge in [-0.15, -0.1) is 11.3 Å². The van der Waals surface area contributed by atoms with Crippen LogP contribution in [0.25, 0.3) is 0 Å². The van der Waals surface area contributed by atoms with E-state index in [2.05, 4.69) is 22.6 Å². The van der Waals surface area contributed by atoms with Crippen LogP contribution in [0.5, 0.6) is 0 Å². The Morgan fingerprint density at radius 3 is 2.94 bits per heavy atom. The van der Waals surface area contributed by atoms with E-state index in [4.69, 9.17) is 0 Å². The van der Waals surface area contributed by atoms with E-state index in [-0.39, 0.29) is 11.1 Å². The van der Waals surface area contributed by atoms with Gasteiger partial charge in [0.1, 0.15) is 11.2 Å². The molecule has 0 saturated heterocycles. The molecular formula is C9H10N4O2S2. The van der Waals surface area contributed by atoms with Gasteiger partial charge in [0.15, 0.2) is 5.82 Å². The quantitative estimate of drug-likeness (QED) is 0.524. The lowest BCUT2D eigenvalue weighted by Crippen LogP contribution is -2.05. The second-order valence-electron chi connectivity index (χ2n) is 3.44. The van der Waals surface area contributed by atoms with Crippen molar-refractivity contribution in [3.63, 3.8) is 0 Å². The Kier molecular flexibility index (Phi) is 3.43. The van der Waals surface area contributed by atoms with E-state index >= 15 is 0 Å². The highest BCUT2D eigenvalue weighted by Crippen LogP contribution is 2.26. The zero-order chi connectivity index (χ0) is 12.4. The van der Waals surface area contributed by atoms with E-state index in [1.54, 1.807) is 13.2 Å². The molecule has 0 aliphatic carbocycles. The molecule has 2 rings (SSSR count). The van der Waals surface area contributed by atoms with Crippen LogP contribution in [0.4, 0.5) is 5.82 Å². The molecule has 2 aromatic heterocycles. The number of nitrogens with zero attached hydrogens (tertiary/aromatic N) is 4. The van der Waals surface area contributed by atoms with Crippen molar-refractivity contribution >= 4 is 29.8 Å². The topological polar surface area (TPSA) is 73.8 Å². The van der Waals surface area contributed by atoms with Crippen molar-refractivity contribution in [2.75, 3.05) is 0 Å². The van der Waals surface area contributed by atoms with E-state index in [1.807, 2.05) is 5.38 Å². The average Bonchev–Trinajstić information content (AvgIpc) is 2.89. The van der Waals surface area contributed by atoms with Crippen LogP contribution in [-0.2, 0) is 13.5 Å². The Hall–Kier alpha value is -1.41. The molecule has 17 heavy (non-hydrogen) atoms. The van der Waals surface area contributed by atoms with Gasteiger partial charge < -0.3 is 10.1 Å². The monoisotopic (exact) mass is 270 g/mol. The van der Waals surface area contributed by atoms with Crippen LogP contribution in [0.1, 0.15) is 16.1 Å². The van der Waals surface area contributed by atoms with Gasteiger partial charge in [0.2, 0.25) is 0 Å². The van der Waals surface area contributed by atoms with Gasteiger partial charge in [0, 0.05) is 18.0 Å². The maximum absolute atomic E-state index is 10.7. The van der Waals surface area contributed by atoms with E-state index in [0.29, 0.717) is 12.2 Å². The van der Waals surface area contributed by atoms with Crippen molar-refractivity contribution in [1.29, 1.82) is 0 Å². The van der Waals surface area contributed by atoms with Crippen molar-refractivity contribution in [2.24, 2.45) is 7.05 Å². The lowest BCUT2D eigenvalue weighted by Gasteiger charge is -2.04. The molecule has 1 atom stereocenters. The summed E-state index contributed by atoms with van der Waals surface area (Å²) in [4.78, 5) is 18.4. The summed E-state index contributed by atoms with van der Waals surface area (Å²) in [5, 5.41) is 13.3. The summed E-state index contributed by atoms with van der Waals surface area (Å²) < 4.78 is 1.47. The highest BCUT2D eigenvalue weighted by Gasteiger charge is 2.20. The van der Waals surface area contributed by atoms with Crippen molar-refractivity contribution < 1.29 is 4.92 Å². The molecular weight excluding hydrogens is 260 g/mol. The predicted octanol–water partition coefficient (Wildman–Crippen LogP) is 2.00. The molecule has 0 aromatic carbocycles. The SMILES string of the molecule is Cn1c([N+](=O)[O-])cnc1CC(S)c1nccs1. The van der Waals surface area contributed by atoms with Crippen LogP contribution in [0.15, 0.2) is 17.8 Å². The Balaban J connectivity index is 2.17. The summed E-state index contributed by atoms with van der Waals surface area (Å²) in [7, 11) is 1.63. The van der Waals surface area contributed by atoms with Crippen LogP contribution in [-0.4, -0.2) is 19.5 Å². The highest BCUT2D eigenvalue weighted by atomic mass is 32.1. The van der Waals surface area contributed by atoms with Crippen LogP contribution in [0.3, 0.4) is 0 Å². The van der Waals surface area contributed by atoms with Crippen molar-refractivity contribution in [3.05, 3.63) is 38.7 Å². The molecule has 0 spiro atoms. The average molecular weight is 270 g/mol. The third kappa shape index (κ3) is 2.47. The predicted molar refractivity (Wildman–Crippen MR) is 67.4 cm³/mol. The highest BCUT2D eigenvalue weighted by molar-refractivity contribution is 7.80. The molecule has 0 aliphatic heterocycles. The van der Waals surface area contributed by atoms with Crippen LogP contribution >= 0.6 is 24.0 Å². The number of thiazole rings is 1. The standard InChI is InChI=1S/C9H10N4O2S2/c1-12-7(11-5-8(12)13(14)15)4-6(16)9-10-2-3-17-9/h2-3,5-6,16H,4H2,1H3. The summed E-state index contributed by atoms with van der Waals surface area (Å²) >= 11 is 5.94. The largest absolute Gasteiger partial charge is 0.358 e. The van der Waals surface area contributed by atoms with E-state index in [1.165, 1.54) is 22.1 Å². The molecule has 0 bridgehead atoms. The van der Waals surface area contributed by atoms with Crippen LogP contribution < -0.4 is 0 Å². The van der Waals surface area contributed by atoms with E-state index in [0.717, 1.165) is 5.01 Å². The third-order valence-electron chi connectivity index (χ3n) is 2.36. The lowest BCUT2D eigenvalue weighted by molar-refractivity contribution is -0.391. The molecule has 6 nitrogen and oxygen atoms in total. The second kappa shape index (κ2) is 4.84. The van der Waals surface area contributed by atoms with Gasteiger partial charge in [-0.3, -0.25) is 0 Å². The first-order chi connectivity index (χ1) is 8.09. The molecule has 0 N–H and O–H groups in total. The van der Waals surface area contributed by atoms with Gasteiger partial charge in [0.05, 0.1) is 12.3 Å². The molecule has 0 fully saturated rings. The van der Waals surface area contributed by atoms with Crippen molar-refractivity contribution in [2.45, 2.75) is 11.7 Å². The zero-order valence-corrected chi connectivity index (χ0v) is 10.7. The van der Waals surface area contributed by atoms with Crippen molar-refractivity contribution in [3.8, 4) is 0 Å². The number of nitro groups is 1. The Labute approximate surface area is 107 Å². The van der Waals surface area contributed by atoms with Crippen molar-refractivity contribution in [1.82, 2.24) is 14.5 Å². The Morgan fingerprint density at radius 2 is 2.41 bits per heavy atom. The summed E-state index contributed by atoms with van der Waals surface area (Å²) in [5.41, 5.74) is 0. The van der Waals surface area contributed by atoms with E-state index < -0.39 is 4.92 Å². The van der Waals surface area contributed by atoms with Gasteiger partial charge >= 0.3 is 5.82 Å². The number of rotatable bonds is 4. The van der Waals surface area contributed by atoms with Gasteiger partial charge in [-0.2, -0.15) is 12.6 Å². The fourth-order valence-electron chi connectivity index (χ4n) is 1.46. The van der Waals surface area contributed by atoms with Crippen LogP contribution in [0.2, 0.25) is 0 Å². The third-order valence-corrected chi connectivity index (χ3v) is 3.85. The summed E-state index contributed by atoms with van der Waals surface area (Å²) in [5.74, 6) is 0.617. The molecule has 0 radical (unpaired) electrons. The number of aromatic nitrogens is 3. The number of hydrogen-bond acceptors (Lipinski definition) is 6. The fourth-order valence-corrected chi connectivity index (χ4v) is 2.49. The van der Waals surface area contributed by atoms with Gasteiger partial charge in [-0.1, -0.05) is 0 Å². The molecule has 0 saturated carbocycles. The summed E-state index contributed by atoms with van der Waals surface area (Å²) in [6.07, 6.45) is 3.49. The first-order valence-corrected chi connectivity index (χ1v) is 6.21. The molecule has 1 unspecified atom stereocenters. The smallest absolute Gasteiger partial charge is 0.342 e. The first-order valence-electron chi connectivity index (χ1n) is 4.82. The molecule has 2 aromatic rings. The fraction of sp³-hybridized carbons (Fsp3) is 0.333. The number of thiol groups is 1. The zero-order valence-electron chi connectivity index (χ0n) is 8.98. The molecule has 0 amide bonds. The number of imidazole rings is 1. The maximum Gasteiger partial charge on any atom is 0.342 e. The van der Waals surface area contributed by atoms with Gasteiger partial charge in [-0.05, 0) is 4.92 Å². The molecule has 2 heterocycles. The molecule has 8 heteroatoms. The van der Waals surface area contributed by atoms with Gasteiger partial charge in [-0.25, -0.2) is 14.5 Å². The normalized spacial score (nSPS) is 12.6. The van der Waals surface area contributed by atoms with Gasteiger partial charge in [0.25, 0.3) is 0 Å². The summed E-state index contributed by atoms with van der Waals surface area (Å²) in [6, 6.07) is 0. The Morgan fingerprint density at radius 1 is 1.65 bits per heavy atom. The molecule has 90 valence electrons. The van der Waals surface area contributed by atoms with E-state index in [9.17, 15) is 10.1 Å². The lowest BCUT2D eigenvalue weighted by atomic mass is 10.3. The Bertz CT molecular complexity index is 523. The van der Waals surface area contributed by atoms with Crippen LogP contribution in [0, 0.1) is 10.1 Å². The molecule has 0 aliphatic rings. The summed E-state index contributed by atoms with van der Waals surface area (Å²) in [6.45, 7) is 0. The minimum Gasteiger partial charge on any atom is -0.358 e.